The van der Waals surface area contributed by atoms with Gasteiger partial charge in [-0.25, -0.2) is 4.79 Å². The molecule has 8 heteroatoms. The molecule has 0 spiro atoms. The third kappa shape index (κ3) is 24.3. The third-order valence-electron chi connectivity index (χ3n) is 3.86. The average Bonchev–Trinajstić information content (AvgIpc) is 2.59. The molecule has 8 nitrogen and oxygen atoms in total. The molecule has 0 amide bonds. The van der Waals surface area contributed by atoms with Gasteiger partial charge in [0.15, 0.2) is 6.10 Å². The number of nitrogens with zero attached hydrogens (tertiary/aromatic N) is 1. The zero-order chi connectivity index (χ0) is 21.8. The molecule has 28 heavy (non-hydrogen) atoms. The smallest absolute Gasteiger partial charge is 0.333 e. The summed E-state index contributed by atoms with van der Waals surface area (Å²) < 4.78 is 5.14. The van der Waals surface area contributed by atoms with Gasteiger partial charge in [-0.1, -0.05) is 64.7 Å². The first-order valence-corrected chi connectivity index (χ1v) is 10.1. The van der Waals surface area contributed by atoms with Crippen molar-refractivity contribution >= 4 is 17.9 Å². The highest BCUT2D eigenvalue weighted by Gasteiger charge is 2.16. The quantitative estimate of drug-likeness (QED) is 0.264. The molecule has 0 aliphatic rings. The fourth-order valence-corrected chi connectivity index (χ4v) is 2.33. The first-order chi connectivity index (χ1) is 13.2. The largest absolute Gasteiger partial charge is 0.481 e. The van der Waals surface area contributed by atoms with Crippen LogP contribution in [0.15, 0.2) is 0 Å². The second kappa shape index (κ2) is 20.1. The number of carbonyl (C=O) groups excluding carboxylic acids is 1. The van der Waals surface area contributed by atoms with Gasteiger partial charge in [0.1, 0.15) is 0 Å². The number of ether oxygens (including phenoxy) is 1. The molecule has 0 radical (unpaired) electrons. The van der Waals surface area contributed by atoms with E-state index in [-0.39, 0.29) is 5.97 Å². The zero-order valence-electron chi connectivity index (χ0n) is 17.7. The Morgan fingerprint density at radius 2 is 1.32 bits per heavy atom. The number of rotatable bonds is 16. The van der Waals surface area contributed by atoms with E-state index in [0.717, 1.165) is 6.42 Å². The number of carboxylic acids is 2. The van der Waals surface area contributed by atoms with E-state index < -0.39 is 24.5 Å². The summed E-state index contributed by atoms with van der Waals surface area (Å²) in [6.45, 7) is 3.23. The zero-order valence-corrected chi connectivity index (χ0v) is 17.7. The van der Waals surface area contributed by atoms with E-state index in [4.69, 9.17) is 20.1 Å². The van der Waals surface area contributed by atoms with E-state index >= 15 is 0 Å². The molecule has 0 bridgehead atoms. The summed E-state index contributed by atoms with van der Waals surface area (Å²) in [5, 5.41) is 24.1. The van der Waals surface area contributed by atoms with Crippen LogP contribution in [0.4, 0.5) is 0 Å². The topological polar surface area (TPSA) is 124 Å². The summed E-state index contributed by atoms with van der Waals surface area (Å²) in [6, 6.07) is 0. The summed E-state index contributed by atoms with van der Waals surface area (Å²) in [4.78, 5) is 32.5. The van der Waals surface area contributed by atoms with Gasteiger partial charge in [0.2, 0.25) is 0 Å². The minimum absolute atomic E-state index is 0.110. The van der Waals surface area contributed by atoms with Gasteiger partial charge < -0.3 is 20.1 Å². The maximum Gasteiger partial charge on any atom is 0.333 e. The molecular formula is C20H39NO7. The van der Waals surface area contributed by atoms with E-state index in [1.807, 2.05) is 19.0 Å². The van der Waals surface area contributed by atoms with Crippen LogP contribution in [0, 0.1) is 0 Å². The van der Waals surface area contributed by atoms with Gasteiger partial charge in [-0.3, -0.25) is 14.5 Å². The first-order valence-electron chi connectivity index (χ1n) is 10.1. The van der Waals surface area contributed by atoms with Gasteiger partial charge in [-0.15, -0.1) is 0 Å². The Hall–Kier alpha value is -1.67. The van der Waals surface area contributed by atoms with Crippen LogP contribution in [-0.4, -0.2) is 71.5 Å². The molecule has 0 fully saturated rings. The molecule has 0 aliphatic carbocycles. The number of esters is 1. The SMILES string of the molecule is CCCCCCCCCCCCOC(=O)CN(C)C.O=C(O)CC(O)C(=O)O. The van der Waals surface area contributed by atoms with Gasteiger partial charge in [-0.2, -0.15) is 0 Å². The number of aliphatic hydroxyl groups is 1. The molecule has 1 atom stereocenters. The van der Waals surface area contributed by atoms with Crippen molar-refractivity contribution in [3.63, 3.8) is 0 Å². The Morgan fingerprint density at radius 3 is 1.68 bits per heavy atom. The molecule has 0 saturated carbocycles. The van der Waals surface area contributed by atoms with Crippen molar-refractivity contribution in [1.29, 1.82) is 0 Å². The molecular weight excluding hydrogens is 366 g/mol. The Morgan fingerprint density at radius 1 is 0.857 bits per heavy atom. The van der Waals surface area contributed by atoms with Crippen molar-refractivity contribution < 1.29 is 34.4 Å². The number of unbranched alkanes of at least 4 members (excludes halogenated alkanes) is 9. The summed E-state index contributed by atoms with van der Waals surface area (Å²) in [7, 11) is 3.75. The number of carbonyl (C=O) groups is 3. The lowest BCUT2D eigenvalue weighted by Crippen LogP contribution is -2.23. The maximum absolute atomic E-state index is 11.2. The molecule has 166 valence electrons. The van der Waals surface area contributed by atoms with Gasteiger partial charge in [0.05, 0.1) is 19.6 Å². The third-order valence-corrected chi connectivity index (χ3v) is 3.86. The van der Waals surface area contributed by atoms with Crippen LogP contribution in [0.25, 0.3) is 0 Å². The molecule has 0 rings (SSSR count). The van der Waals surface area contributed by atoms with Gasteiger partial charge in [0.25, 0.3) is 0 Å². The van der Waals surface area contributed by atoms with E-state index in [0.29, 0.717) is 13.2 Å². The average molecular weight is 406 g/mol. The van der Waals surface area contributed by atoms with Crippen molar-refractivity contribution in [3.05, 3.63) is 0 Å². The van der Waals surface area contributed by atoms with Crippen LogP contribution in [0.1, 0.15) is 77.6 Å². The van der Waals surface area contributed by atoms with Crippen molar-refractivity contribution in [3.8, 4) is 0 Å². The minimum atomic E-state index is -1.79. The highest BCUT2D eigenvalue weighted by atomic mass is 16.5. The Balaban J connectivity index is 0. The van der Waals surface area contributed by atoms with Crippen LogP contribution >= 0.6 is 0 Å². The van der Waals surface area contributed by atoms with Gasteiger partial charge in [-0.05, 0) is 20.5 Å². The fraction of sp³-hybridized carbons (Fsp3) is 0.850. The van der Waals surface area contributed by atoms with Crippen molar-refractivity contribution in [2.75, 3.05) is 27.2 Å². The molecule has 0 aliphatic heterocycles. The second-order valence-corrected chi connectivity index (χ2v) is 7.09. The lowest BCUT2D eigenvalue weighted by molar-refractivity contribution is -0.152. The number of hydrogen-bond acceptors (Lipinski definition) is 6. The molecule has 0 heterocycles. The highest BCUT2D eigenvalue weighted by Crippen LogP contribution is 2.10. The summed E-state index contributed by atoms with van der Waals surface area (Å²) in [5.41, 5.74) is 0. The molecule has 1 unspecified atom stereocenters. The monoisotopic (exact) mass is 405 g/mol. The molecule has 0 aromatic carbocycles. The maximum atomic E-state index is 11.2. The van der Waals surface area contributed by atoms with E-state index in [1.54, 1.807) is 0 Å². The molecule has 0 aromatic rings. The summed E-state index contributed by atoms with van der Waals surface area (Å²) in [6.07, 6.45) is 10.5. The van der Waals surface area contributed by atoms with Crippen LogP contribution in [0.2, 0.25) is 0 Å². The normalized spacial score (nSPS) is 11.5. The van der Waals surface area contributed by atoms with E-state index in [9.17, 15) is 14.4 Å². The van der Waals surface area contributed by atoms with E-state index in [2.05, 4.69) is 6.92 Å². The number of hydrogen-bond donors (Lipinski definition) is 3. The first kappa shape index (κ1) is 28.5. The van der Waals surface area contributed by atoms with Gasteiger partial charge >= 0.3 is 17.9 Å². The van der Waals surface area contributed by atoms with Crippen molar-refractivity contribution in [1.82, 2.24) is 4.90 Å². The standard InChI is InChI=1S/C16H33NO2.C4H6O5/c1-4-5-6-7-8-9-10-11-12-13-14-19-16(18)15-17(2)3;5-2(4(8)9)1-3(6)7/h4-15H2,1-3H3;2,5H,1H2,(H,6,7)(H,8,9). The molecule has 0 aromatic heterocycles. The van der Waals surface area contributed by atoms with Crippen LogP contribution < -0.4 is 0 Å². The predicted molar refractivity (Wildman–Crippen MR) is 107 cm³/mol. The van der Waals surface area contributed by atoms with Crippen LogP contribution in [0.3, 0.4) is 0 Å². The molecule has 0 saturated heterocycles. The number of carboxylic acid groups (broad SMARTS) is 2. The van der Waals surface area contributed by atoms with E-state index in [1.165, 1.54) is 57.8 Å². The fourth-order valence-electron chi connectivity index (χ4n) is 2.33. The van der Waals surface area contributed by atoms with Crippen LogP contribution in [-0.2, 0) is 19.1 Å². The molecule has 3 N–H and O–H groups in total. The minimum Gasteiger partial charge on any atom is -0.481 e. The number of aliphatic hydroxyl groups excluding tert-OH is 1. The Bertz CT molecular complexity index is 413. The lowest BCUT2D eigenvalue weighted by atomic mass is 10.1. The Labute approximate surface area is 168 Å². The lowest BCUT2D eigenvalue weighted by Gasteiger charge is -2.09. The van der Waals surface area contributed by atoms with Crippen molar-refractivity contribution in [2.24, 2.45) is 0 Å². The summed E-state index contributed by atoms with van der Waals surface area (Å²) >= 11 is 0. The van der Waals surface area contributed by atoms with Gasteiger partial charge in [0, 0.05) is 0 Å². The summed E-state index contributed by atoms with van der Waals surface area (Å²) in [5.74, 6) is -2.96. The highest BCUT2D eigenvalue weighted by molar-refractivity contribution is 5.79. The van der Waals surface area contributed by atoms with Crippen molar-refractivity contribution in [2.45, 2.75) is 83.7 Å². The second-order valence-electron chi connectivity index (χ2n) is 7.09. The van der Waals surface area contributed by atoms with Crippen LogP contribution in [0.5, 0.6) is 0 Å². The number of likely N-dealkylation sites (N-methyl/N-ethyl adjacent to an activating group) is 1. The predicted octanol–water partition coefficient (Wildman–Crippen LogP) is 2.92. The number of aliphatic carboxylic acids is 2. The Kier molecular flexibility index (Phi) is 20.5.